The Balaban J connectivity index is 2.12. The molecule has 2 heterocycles. The van der Waals surface area contributed by atoms with Crippen LogP contribution < -0.4 is 5.32 Å². The first-order valence-corrected chi connectivity index (χ1v) is 6.93. The van der Waals surface area contributed by atoms with Crippen LogP contribution >= 0.6 is 15.9 Å². The number of hydrogen-bond donors (Lipinski definition) is 1. The molecule has 1 fully saturated rings. The van der Waals surface area contributed by atoms with Gasteiger partial charge in [-0.25, -0.2) is 9.37 Å². The molecule has 3 nitrogen and oxygen atoms in total. The number of hydrogen-bond acceptors (Lipinski definition) is 3. The molecule has 1 aliphatic rings. The summed E-state index contributed by atoms with van der Waals surface area (Å²) in [5.74, 6) is 0.874. The van der Waals surface area contributed by atoms with E-state index in [4.69, 9.17) is 0 Å². The van der Waals surface area contributed by atoms with Crippen molar-refractivity contribution >= 4 is 21.7 Å². The van der Waals surface area contributed by atoms with Crippen LogP contribution in [0.2, 0.25) is 0 Å². The standard InChI is InChI=1S/C13H19BrFN3/c1-13(2,3)17-12-9(4-5-11(14)16-12)6-18-7-10(15)8-18/h4-5,10H,6-8H2,1-3H3,(H,16,17). The first kappa shape index (κ1) is 13.7. The summed E-state index contributed by atoms with van der Waals surface area (Å²) in [6, 6.07) is 3.96. The Kier molecular flexibility index (Phi) is 3.92. The van der Waals surface area contributed by atoms with E-state index in [0.717, 1.165) is 22.5 Å². The molecule has 0 amide bonds. The van der Waals surface area contributed by atoms with Gasteiger partial charge < -0.3 is 5.32 Å². The zero-order valence-electron chi connectivity index (χ0n) is 11.0. The van der Waals surface area contributed by atoms with Gasteiger partial charge in [0.2, 0.25) is 0 Å². The van der Waals surface area contributed by atoms with Gasteiger partial charge in [0, 0.05) is 30.7 Å². The van der Waals surface area contributed by atoms with E-state index in [2.05, 4.69) is 51.9 Å². The SMILES string of the molecule is CC(C)(C)Nc1nc(Br)ccc1CN1CC(F)C1. The van der Waals surface area contributed by atoms with E-state index in [1.54, 1.807) is 0 Å². The predicted molar refractivity (Wildman–Crippen MR) is 75.5 cm³/mol. The maximum atomic E-state index is 12.8. The third-order valence-corrected chi connectivity index (χ3v) is 3.19. The van der Waals surface area contributed by atoms with Crippen LogP contribution in [-0.4, -0.2) is 34.7 Å². The smallest absolute Gasteiger partial charge is 0.132 e. The molecule has 1 aromatic rings. The lowest BCUT2D eigenvalue weighted by Gasteiger charge is -2.35. The second kappa shape index (κ2) is 5.13. The molecule has 1 aromatic heterocycles. The van der Waals surface area contributed by atoms with Crippen molar-refractivity contribution in [2.75, 3.05) is 18.4 Å². The second-order valence-electron chi connectivity index (χ2n) is 5.81. The summed E-state index contributed by atoms with van der Waals surface area (Å²) in [5.41, 5.74) is 1.07. The summed E-state index contributed by atoms with van der Waals surface area (Å²) in [6.45, 7) is 8.11. The number of halogens is 2. The first-order valence-electron chi connectivity index (χ1n) is 6.13. The molecule has 1 aliphatic heterocycles. The van der Waals surface area contributed by atoms with Gasteiger partial charge in [-0.15, -0.1) is 0 Å². The van der Waals surface area contributed by atoms with Crippen molar-refractivity contribution in [2.45, 2.75) is 39.0 Å². The highest BCUT2D eigenvalue weighted by atomic mass is 79.9. The average Bonchev–Trinajstić information content (AvgIpc) is 2.17. The van der Waals surface area contributed by atoms with Crippen molar-refractivity contribution < 1.29 is 4.39 Å². The lowest BCUT2D eigenvalue weighted by atomic mass is 10.1. The van der Waals surface area contributed by atoms with Crippen molar-refractivity contribution in [1.82, 2.24) is 9.88 Å². The van der Waals surface area contributed by atoms with Crippen LogP contribution in [0, 0.1) is 0 Å². The number of rotatable bonds is 3. The van der Waals surface area contributed by atoms with Gasteiger partial charge in [-0.1, -0.05) is 6.07 Å². The molecule has 0 bridgehead atoms. The van der Waals surface area contributed by atoms with E-state index in [0.29, 0.717) is 13.1 Å². The third kappa shape index (κ3) is 3.65. The number of alkyl halides is 1. The minimum absolute atomic E-state index is 0.0416. The number of nitrogens with one attached hydrogen (secondary N) is 1. The van der Waals surface area contributed by atoms with E-state index < -0.39 is 6.17 Å². The minimum Gasteiger partial charge on any atom is -0.365 e. The van der Waals surface area contributed by atoms with Gasteiger partial charge in [-0.2, -0.15) is 0 Å². The van der Waals surface area contributed by atoms with Gasteiger partial charge in [0.25, 0.3) is 0 Å². The van der Waals surface area contributed by atoms with Crippen LogP contribution in [0.1, 0.15) is 26.3 Å². The molecule has 0 aromatic carbocycles. The zero-order chi connectivity index (χ0) is 13.3. The molecule has 0 spiro atoms. The average molecular weight is 316 g/mol. The van der Waals surface area contributed by atoms with E-state index in [-0.39, 0.29) is 5.54 Å². The van der Waals surface area contributed by atoms with E-state index >= 15 is 0 Å². The van der Waals surface area contributed by atoms with Gasteiger partial charge in [0.05, 0.1) is 0 Å². The molecular formula is C13H19BrFN3. The van der Waals surface area contributed by atoms with Gasteiger partial charge in [0.1, 0.15) is 16.6 Å². The molecule has 0 aliphatic carbocycles. The Morgan fingerprint density at radius 3 is 2.67 bits per heavy atom. The molecular weight excluding hydrogens is 297 g/mol. The predicted octanol–water partition coefficient (Wildman–Crippen LogP) is 3.21. The summed E-state index contributed by atoms with van der Waals surface area (Å²) in [7, 11) is 0. The molecule has 0 radical (unpaired) electrons. The van der Waals surface area contributed by atoms with Crippen molar-refractivity contribution in [3.05, 3.63) is 22.3 Å². The summed E-state index contributed by atoms with van der Waals surface area (Å²) in [6.07, 6.45) is -0.660. The van der Waals surface area contributed by atoms with Crippen LogP contribution in [-0.2, 0) is 6.54 Å². The van der Waals surface area contributed by atoms with E-state index in [1.807, 2.05) is 12.1 Å². The molecule has 100 valence electrons. The summed E-state index contributed by atoms with van der Waals surface area (Å²) < 4.78 is 13.6. The van der Waals surface area contributed by atoms with Gasteiger partial charge >= 0.3 is 0 Å². The van der Waals surface area contributed by atoms with Crippen LogP contribution in [0.4, 0.5) is 10.2 Å². The molecule has 18 heavy (non-hydrogen) atoms. The normalized spacial score (nSPS) is 17.6. The number of likely N-dealkylation sites (tertiary alicyclic amines) is 1. The maximum Gasteiger partial charge on any atom is 0.132 e. The molecule has 1 saturated heterocycles. The topological polar surface area (TPSA) is 28.2 Å². The summed E-state index contributed by atoms with van der Waals surface area (Å²) in [4.78, 5) is 6.56. The quantitative estimate of drug-likeness (QED) is 0.868. The van der Waals surface area contributed by atoms with Crippen molar-refractivity contribution in [3.8, 4) is 0 Å². The fraction of sp³-hybridized carbons (Fsp3) is 0.615. The van der Waals surface area contributed by atoms with Crippen LogP contribution in [0.25, 0.3) is 0 Å². The van der Waals surface area contributed by atoms with E-state index in [9.17, 15) is 4.39 Å². The van der Waals surface area contributed by atoms with Gasteiger partial charge in [-0.05, 0) is 42.8 Å². The third-order valence-electron chi connectivity index (χ3n) is 2.74. The Bertz CT molecular complexity index is 425. The highest BCUT2D eigenvalue weighted by molar-refractivity contribution is 9.10. The Morgan fingerprint density at radius 2 is 2.11 bits per heavy atom. The number of nitrogens with zero attached hydrogens (tertiary/aromatic N) is 2. The number of pyridine rings is 1. The molecule has 0 atom stereocenters. The van der Waals surface area contributed by atoms with Crippen molar-refractivity contribution in [2.24, 2.45) is 0 Å². The lowest BCUT2D eigenvalue weighted by molar-refractivity contribution is 0.0592. The van der Waals surface area contributed by atoms with E-state index in [1.165, 1.54) is 0 Å². The molecule has 0 saturated carbocycles. The highest BCUT2D eigenvalue weighted by Crippen LogP contribution is 2.24. The number of aromatic nitrogens is 1. The van der Waals surface area contributed by atoms with Crippen LogP contribution in [0.3, 0.4) is 0 Å². The fourth-order valence-corrected chi connectivity index (χ4v) is 2.24. The molecule has 5 heteroatoms. The largest absolute Gasteiger partial charge is 0.365 e. The molecule has 1 N–H and O–H groups in total. The highest BCUT2D eigenvalue weighted by Gasteiger charge is 2.27. The first-order chi connectivity index (χ1) is 8.33. The summed E-state index contributed by atoms with van der Waals surface area (Å²) >= 11 is 3.39. The molecule has 2 rings (SSSR count). The van der Waals surface area contributed by atoms with Crippen LogP contribution in [0.15, 0.2) is 16.7 Å². The lowest BCUT2D eigenvalue weighted by Crippen LogP contribution is -2.47. The van der Waals surface area contributed by atoms with Crippen molar-refractivity contribution in [3.63, 3.8) is 0 Å². The summed E-state index contributed by atoms with van der Waals surface area (Å²) in [5, 5.41) is 3.39. The number of anilines is 1. The second-order valence-corrected chi connectivity index (χ2v) is 6.62. The maximum absolute atomic E-state index is 12.8. The minimum atomic E-state index is -0.660. The van der Waals surface area contributed by atoms with Gasteiger partial charge in [0.15, 0.2) is 0 Å². The monoisotopic (exact) mass is 315 g/mol. The Labute approximate surface area is 116 Å². The van der Waals surface area contributed by atoms with Gasteiger partial charge in [-0.3, -0.25) is 4.90 Å². The van der Waals surface area contributed by atoms with Crippen LogP contribution in [0.5, 0.6) is 0 Å². The van der Waals surface area contributed by atoms with Crippen molar-refractivity contribution in [1.29, 1.82) is 0 Å². The Morgan fingerprint density at radius 1 is 1.44 bits per heavy atom. The Hall–Kier alpha value is -0.680. The zero-order valence-corrected chi connectivity index (χ0v) is 12.6. The molecule has 0 unspecified atom stereocenters. The fourth-order valence-electron chi connectivity index (χ4n) is 1.93.